The first-order valence-corrected chi connectivity index (χ1v) is 6.58. The highest BCUT2D eigenvalue weighted by atomic mass is 35.5. The molecule has 0 aliphatic carbocycles. The predicted octanol–water partition coefficient (Wildman–Crippen LogP) is 4.18. The molecule has 0 unspecified atom stereocenters. The van der Waals surface area contributed by atoms with Crippen molar-refractivity contribution in [3.05, 3.63) is 46.5 Å². The van der Waals surface area contributed by atoms with E-state index in [1.54, 1.807) is 6.07 Å². The molecule has 1 heterocycles. The zero-order valence-corrected chi connectivity index (χ0v) is 12.0. The van der Waals surface area contributed by atoms with Crippen LogP contribution in [0.3, 0.4) is 0 Å². The summed E-state index contributed by atoms with van der Waals surface area (Å²) in [5, 5.41) is 8.07. The Bertz CT molecular complexity index is 558. The first kappa shape index (κ1) is 13.9. The van der Waals surface area contributed by atoms with Crippen LogP contribution in [0.5, 0.6) is 0 Å². The highest BCUT2D eigenvalue weighted by Crippen LogP contribution is 2.19. The summed E-state index contributed by atoms with van der Waals surface area (Å²) in [5.41, 5.74) is 2.69. The fourth-order valence-corrected chi connectivity index (χ4v) is 2.07. The Balaban J connectivity index is 2.10. The molecular weight excluding hydrogens is 265 g/mol. The second-order valence-corrected chi connectivity index (χ2v) is 5.27. The van der Waals surface area contributed by atoms with E-state index in [2.05, 4.69) is 24.3 Å². The number of rotatable bonds is 4. The molecule has 1 aromatic carbocycles. The summed E-state index contributed by atoms with van der Waals surface area (Å²) in [6, 6.07) is 4.84. The molecule has 102 valence electrons. The first-order chi connectivity index (χ1) is 8.95. The van der Waals surface area contributed by atoms with Crippen molar-refractivity contribution in [3.63, 3.8) is 0 Å². The number of benzene rings is 1. The standard InChI is InChI=1S/C14H17ClFN3/c1-9(2)19-8-14(10(3)18-19)17-7-11-4-12(15)6-13(16)5-11/h4-6,8-9,17H,7H2,1-3H3. The third kappa shape index (κ3) is 3.47. The lowest BCUT2D eigenvalue weighted by molar-refractivity contribution is 0.529. The van der Waals surface area contributed by atoms with Gasteiger partial charge in [-0.2, -0.15) is 5.10 Å². The monoisotopic (exact) mass is 281 g/mol. The van der Waals surface area contributed by atoms with Gasteiger partial charge in [-0.15, -0.1) is 0 Å². The van der Waals surface area contributed by atoms with Crippen molar-refractivity contribution in [2.75, 3.05) is 5.32 Å². The van der Waals surface area contributed by atoms with Crippen molar-refractivity contribution in [2.45, 2.75) is 33.4 Å². The van der Waals surface area contributed by atoms with E-state index >= 15 is 0 Å². The Kier molecular flexibility index (Phi) is 4.10. The van der Waals surface area contributed by atoms with E-state index in [1.165, 1.54) is 12.1 Å². The van der Waals surface area contributed by atoms with E-state index in [0.717, 1.165) is 16.9 Å². The Morgan fingerprint density at radius 2 is 2.11 bits per heavy atom. The lowest BCUT2D eigenvalue weighted by atomic mass is 10.2. The highest BCUT2D eigenvalue weighted by Gasteiger charge is 2.07. The van der Waals surface area contributed by atoms with Crippen LogP contribution in [-0.4, -0.2) is 9.78 Å². The normalized spacial score (nSPS) is 11.1. The van der Waals surface area contributed by atoms with Crippen molar-refractivity contribution in [2.24, 2.45) is 0 Å². The average Bonchev–Trinajstić information content (AvgIpc) is 2.67. The van der Waals surface area contributed by atoms with Crippen LogP contribution in [-0.2, 0) is 6.54 Å². The van der Waals surface area contributed by atoms with Crippen LogP contribution >= 0.6 is 11.6 Å². The number of halogens is 2. The third-order valence-electron chi connectivity index (χ3n) is 2.85. The fourth-order valence-electron chi connectivity index (χ4n) is 1.83. The topological polar surface area (TPSA) is 29.9 Å². The SMILES string of the molecule is Cc1nn(C(C)C)cc1NCc1cc(F)cc(Cl)c1. The molecule has 0 saturated carbocycles. The van der Waals surface area contributed by atoms with Crippen molar-refractivity contribution in [1.82, 2.24) is 9.78 Å². The van der Waals surface area contributed by atoms with E-state index in [4.69, 9.17) is 11.6 Å². The zero-order valence-electron chi connectivity index (χ0n) is 11.2. The van der Waals surface area contributed by atoms with Gasteiger partial charge < -0.3 is 5.32 Å². The number of anilines is 1. The van der Waals surface area contributed by atoms with Gasteiger partial charge in [-0.1, -0.05) is 11.6 Å². The number of hydrogen-bond acceptors (Lipinski definition) is 2. The summed E-state index contributed by atoms with van der Waals surface area (Å²) in [5.74, 6) is -0.320. The van der Waals surface area contributed by atoms with Crippen LogP contribution in [0, 0.1) is 12.7 Å². The summed E-state index contributed by atoms with van der Waals surface area (Å²) in [6.45, 7) is 6.60. The van der Waals surface area contributed by atoms with E-state index in [-0.39, 0.29) is 5.82 Å². The van der Waals surface area contributed by atoms with Gasteiger partial charge in [0, 0.05) is 23.8 Å². The van der Waals surface area contributed by atoms with Gasteiger partial charge in [-0.05, 0) is 44.5 Å². The average molecular weight is 282 g/mol. The van der Waals surface area contributed by atoms with Gasteiger partial charge in [0.1, 0.15) is 5.82 Å². The van der Waals surface area contributed by atoms with Crippen LogP contribution in [0.2, 0.25) is 5.02 Å². The van der Waals surface area contributed by atoms with Crippen LogP contribution in [0.1, 0.15) is 31.1 Å². The number of nitrogens with one attached hydrogen (secondary N) is 1. The molecule has 0 bridgehead atoms. The minimum Gasteiger partial charge on any atom is -0.378 e. The van der Waals surface area contributed by atoms with Gasteiger partial charge in [0.25, 0.3) is 0 Å². The molecule has 0 atom stereocenters. The second-order valence-electron chi connectivity index (χ2n) is 4.83. The Hall–Kier alpha value is -1.55. The minimum absolute atomic E-state index is 0.317. The summed E-state index contributed by atoms with van der Waals surface area (Å²) in [7, 11) is 0. The Morgan fingerprint density at radius 1 is 1.37 bits per heavy atom. The molecule has 0 aliphatic heterocycles. The Morgan fingerprint density at radius 3 is 2.68 bits per heavy atom. The van der Waals surface area contributed by atoms with Crippen LogP contribution in [0.25, 0.3) is 0 Å². The molecule has 19 heavy (non-hydrogen) atoms. The molecule has 0 saturated heterocycles. The molecule has 0 aliphatic rings. The molecule has 0 fully saturated rings. The molecule has 2 aromatic rings. The quantitative estimate of drug-likeness (QED) is 0.911. The van der Waals surface area contributed by atoms with Crippen molar-refractivity contribution in [3.8, 4) is 0 Å². The number of nitrogens with zero attached hydrogens (tertiary/aromatic N) is 2. The smallest absolute Gasteiger partial charge is 0.125 e. The molecule has 0 amide bonds. The van der Waals surface area contributed by atoms with E-state index < -0.39 is 0 Å². The van der Waals surface area contributed by atoms with E-state index in [0.29, 0.717) is 17.6 Å². The van der Waals surface area contributed by atoms with Crippen LogP contribution < -0.4 is 5.32 Å². The van der Waals surface area contributed by atoms with Crippen molar-refractivity contribution in [1.29, 1.82) is 0 Å². The largest absolute Gasteiger partial charge is 0.378 e. The summed E-state index contributed by atoms with van der Waals surface area (Å²) < 4.78 is 15.1. The maximum absolute atomic E-state index is 13.2. The Labute approximate surface area is 117 Å². The summed E-state index contributed by atoms with van der Waals surface area (Å²) in [4.78, 5) is 0. The van der Waals surface area contributed by atoms with E-state index in [1.807, 2.05) is 17.8 Å². The van der Waals surface area contributed by atoms with Crippen LogP contribution in [0.15, 0.2) is 24.4 Å². The predicted molar refractivity (Wildman–Crippen MR) is 76.1 cm³/mol. The van der Waals surface area contributed by atoms with Crippen LogP contribution in [0.4, 0.5) is 10.1 Å². The van der Waals surface area contributed by atoms with Gasteiger partial charge >= 0.3 is 0 Å². The van der Waals surface area contributed by atoms with Crippen molar-refractivity contribution < 1.29 is 4.39 Å². The minimum atomic E-state index is -0.320. The maximum Gasteiger partial charge on any atom is 0.125 e. The van der Waals surface area contributed by atoms with Crippen molar-refractivity contribution >= 4 is 17.3 Å². The van der Waals surface area contributed by atoms with Gasteiger partial charge in [-0.3, -0.25) is 4.68 Å². The molecule has 5 heteroatoms. The lowest BCUT2D eigenvalue weighted by Crippen LogP contribution is -2.01. The maximum atomic E-state index is 13.2. The zero-order chi connectivity index (χ0) is 14.0. The molecule has 3 nitrogen and oxygen atoms in total. The molecule has 1 N–H and O–H groups in total. The molecule has 2 rings (SSSR count). The highest BCUT2D eigenvalue weighted by molar-refractivity contribution is 6.30. The lowest BCUT2D eigenvalue weighted by Gasteiger charge is -2.06. The number of aryl methyl sites for hydroxylation is 1. The van der Waals surface area contributed by atoms with Gasteiger partial charge in [0.2, 0.25) is 0 Å². The summed E-state index contributed by atoms with van der Waals surface area (Å²) in [6.07, 6.45) is 1.96. The van der Waals surface area contributed by atoms with Gasteiger partial charge in [-0.25, -0.2) is 4.39 Å². The first-order valence-electron chi connectivity index (χ1n) is 6.20. The summed E-state index contributed by atoms with van der Waals surface area (Å²) >= 11 is 5.82. The van der Waals surface area contributed by atoms with Gasteiger partial charge in [0.15, 0.2) is 0 Å². The molecule has 1 aromatic heterocycles. The number of aromatic nitrogens is 2. The number of hydrogen-bond donors (Lipinski definition) is 1. The van der Waals surface area contributed by atoms with Gasteiger partial charge in [0.05, 0.1) is 11.4 Å². The molecule has 0 radical (unpaired) electrons. The second kappa shape index (κ2) is 5.61. The fraction of sp³-hybridized carbons (Fsp3) is 0.357. The third-order valence-corrected chi connectivity index (χ3v) is 3.07. The molecular formula is C14H17ClFN3. The molecule has 0 spiro atoms. The van der Waals surface area contributed by atoms with E-state index in [9.17, 15) is 4.39 Å².